The quantitative estimate of drug-likeness (QED) is 0.373. The molecule has 8 nitrogen and oxygen atoms in total. The highest BCUT2D eigenvalue weighted by Gasteiger charge is 2.25. The van der Waals surface area contributed by atoms with Crippen LogP contribution in [-0.4, -0.2) is 39.6 Å². The van der Waals surface area contributed by atoms with Crippen LogP contribution in [0.5, 0.6) is 11.5 Å². The normalized spacial score (nSPS) is 12.0. The Labute approximate surface area is 203 Å². The molecular formula is C27H30N4O4. The van der Waals surface area contributed by atoms with Crippen LogP contribution in [0.2, 0.25) is 0 Å². The summed E-state index contributed by atoms with van der Waals surface area (Å²) in [7, 11) is 3.16. The van der Waals surface area contributed by atoms with Gasteiger partial charge >= 0.3 is 0 Å². The van der Waals surface area contributed by atoms with Gasteiger partial charge in [-0.25, -0.2) is 9.50 Å². The molecule has 0 fully saturated rings. The highest BCUT2D eigenvalue weighted by atomic mass is 16.5. The molecule has 1 atom stereocenters. The third-order valence-electron chi connectivity index (χ3n) is 6.17. The van der Waals surface area contributed by atoms with Gasteiger partial charge in [-0.2, -0.15) is 5.10 Å². The van der Waals surface area contributed by atoms with E-state index in [4.69, 9.17) is 14.6 Å². The molecule has 2 aromatic carbocycles. The molecule has 35 heavy (non-hydrogen) atoms. The number of Topliss-reactive ketones (excluding diaryl/α,β-unsaturated/α-hetero) is 1. The van der Waals surface area contributed by atoms with Gasteiger partial charge in [0.2, 0.25) is 0 Å². The summed E-state index contributed by atoms with van der Waals surface area (Å²) < 4.78 is 12.2. The van der Waals surface area contributed by atoms with Gasteiger partial charge in [-0.15, -0.1) is 0 Å². The molecule has 4 rings (SSSR count). The van der Waals surface area contributed by atoms with E-state index in [-0.39, 0.29) is 11.3 Å². The predicted molar refractivity (Wildman–Crippen MR) is 133 cm³/mol. The highest BCUT2D eigenvalue weighted by Crippen LogP contribution is 2.28. The van der Waals surface area contributed by atoms with Crippen LogP contribution in [0.25, 0.3) is 5.52 Å². The molecule has 182 valence electrons. The average molecular weight is 475 g/mol. The molecule has 0 aliphatic carbocycles. The molecule has 2 aromatic heterocycles. The number of hydrogen-bond donors (Lipinski definition) is 1. The maximum Gasteiger partial charge on any atom is 0.277 e. The maximum atomic E-state index is 13.0. The second-order valence-electron chi connectivity index (χ2n) is 8.62. The van der Waals surface area contributed by atoms with Crippen molar-refractivity contribution in [1.82, 2.24) is 19.6 Å². The molecule has 0 spiro atoms. The van der Waals surface area contributed by atoms with Crippen molar-refractivity contribution in [3.63, 3.8) is 0 Å². The van der Waals surface area contributed by atoms with Crippen LogP contribution in [0.4, 0.5) is 0 Å². The molecule has 1 N–H and O–H groups in total. The smallest absolute Gasteiger partial charge is 0.277 e. The average Bonchev–Trinajstić information content (AvgIpc) is 3.18. The first-order chi connectivity index (χ1) is 16.9. The first-order valence-electron chi connectivity index (χ1n) is 11.6. The van der Waals surface area contributed by atoms with Crippen molar-refractivity contribution < 1.29 is 14.3 Å². The number of ether oxygens (including phenoxy) is 2. The van der Waals surface area contributed by atoms with E-state index in [1.54, 1.807) is 32.6 Å². The number of methoxy groups -OCH3 is 2. The molecule has 2 heterocycles. The minimum absolute atomic E-state index is 0.00786. The number of benzene rings is 2. The zero-order chi connectivity index (χ0) is 24.9. The Bertz CT molecular complexity index is 1390. The lowest BCUT2D eigenvalue weighted by atomic mass is 9.95. The number of aromatic nitrogens is 4. The molecule has 0 aliphatic heterocycles. The Balaban J connectivity index is 1.65. The summed E-state index contributed by atoms with van der Waals surface area (Å²) in [6, 6.07) is 15.7. The van der Waals surface area contributed by atoms with E-state index in [1.807, 2.05) is 36.4 Å². The minimum atomic E-state index is -0.442. The Kier molecular flexibility index (Phi) is 7.29. The van der Waals surface area contributed by atoms with Gasteiger partial charge in [0.25, 0.3) is 5.56 Å². The number of nitrogens with zero attached hydrogens (tertiary/aromatic N) is 3. The lowest BCUT2D eigenvalue weighted by Gasteiger charge is -2.13. The third kappa shape index (κ3) is 5.26. The first-order valence-corrected chi connectivity index (χ1v) is 11.6. The number of imidazole rings is 1. The van der Waals surface area contributed by atoms with Crippen LogP contribution in [0.1, 0.15) is 54.2 Å². The molecule has 0 unspecified atom stereocenters. The lowest BCUT2D eigenvalue weighted by Crippen LogP contribution is -2.20. The summed E-state index contributed by atoms with van der Waals surface area (Å²) in [5, 5.41) is 4.69. The number of H-pyrrole nitrogens is 1. The number of hydrogen-bond acceptors (Lipinski definition) is 6. The number of ketones is 1. The SMILES string of the molecule is COc1ccc(Cc2nn3c([C@H](CCCc4ccccc4)C(C)=O)nc(C)c3c(=O)[nH]2)cc1OC. The van der Waals surface area contributed by atoms with Gasteiger partial charge < -0.3 is 14.5 Å². The number of nitrogens with one attached hydrogen (secondary N) is 1. The number of aryl methyl sites for hydroxylation is 2. The molecule has 8 heteroatoms. The van der Waals surface area contributed by atoms with Gasteiger partial charge in [-0.3, -0.25) is 9.59 Å². The lowest BCUT2D eigenvalue weighted by molar-refractivity contribution is -0.118. The van der Waals surface area contributed by atoms with Crippen LogP contribution in [0, 0.1) is 6.92 Å². The zero-order valence-corrected chi connectivity index (χ0v) is 20.5. The molecular weight excluding hydrogens is 444 g/mol. The fourth-order valence-electron chi connectivity index (χ4n) is 4.40. The fraction of sp³-hybridized carbons (Fsp3) is 0.333. The van der Waals surface area contributed by atoms with E-state index >= 15 is 0 Å². The Hall–Kier alpha value is -3.94. The number of carbonyl (C=O) groups is 1. The topological polar surface area (TPSA) is 98.6 Å². The van der Waals surface area contributed by atoms with Gasteiger partial charge in [0, 0.05) is 6.42 Å². The van der Waals surface area contributed by atoms with Crippen molar-refractivity contribution in [3.05, 3.63) is 87.4 Å². The van der Waals surface area contributed by atoms with Crippen LogP contribution in [0.3, 0.4) is 0 Å². The van der Waals surface area contributed by atoms with E-state index in [0.29, 0.717) is 47.2 Å². The summed E-state index contributed by atoms with van der Waals surface area (Å²) >= 11 is 0. The minimum Gasteiger partial charge on any atom is -0.493 e. The van der Waals surface area contributed by atoms with E-state index in [0.717, 1.165) is 18.4 Å². The highest BCUT2D eigenvalue weighted by molar-refractivity contribution is 5.82. The van der Waals surface area contributed by atoms with Crippen LogP contribution in [0.15, 0.2) is 53.3 Å². The van der Waals surface area contributed by atoms with Gasteiger partial charge in [0.1, 0.15) is 17.4 Å². The maximum absolute atomic E-state index is 13.0. The van der Waals surface area contributed by atoms with Gasteiger partial charge in [-0.1, -0.05) is 36.4 Å². The summed E-state index contributed by atoms with van der Waals surface area (Å²) in [4.78, 5) is 33.1. The second-order valence-corrected chi connectivity index (χ2v) is 8.62. The van der Waals surface area contributed by atoms with Crippen molar-refractivity contribution >= 4 is 11.3 Å². The summed E-state index contributed by atoms with van der Waals surface area (Å²) in [6.07, 6.45) is 2.69. The molecule has 0 aliphatic rings. The van der Waals surface area contributed by atoms with Gasteiger partial charge in [0.15, 0.2) is 17.0 Å². The largest absolute Gasteiger partial charge is 0.493 e. The Morgan fingerprint density at radius 2 is 1.80 bits per heavy atom. The Morgan fingerprint density at radius 1 is 1.06 bits per heavy atom. The predicted octanol–water partition coefficient (Wildman–Crippen LogP) is 4.03. The molecule has 0 radical (unpaired) electrons. The van der Waals surface area contributed by atoms with Crippen LogP contribution < -0.4 is 15.0 Å². The first kappa shape index (κ1) is 24.2. The van der Waals surface area contributed by atoms with E-state index in [1.165, 1.54) is 5.56 Å². The van der Waals surface area contributed by atoms with E-state index in [9.17, 15) is 9.59 Å². The second kappa shape index (κ2) is 10.5. The number of aromatic amines is 1. The van der Waals surface area contributed by atoms with Gasteiger partial charge in [0.05, 0.1) is 25.8 Å². The van der Waals surface area contributed by atoms with Crippen molar-refractivity contribution in [2.45, 2.75) is 45.4 Å². The Morgan fingerprint density at radius 3 is 2.49 bits per heavy atom. The van der Waals surface area contributed by atoms with Crippen LogP contribution >= 0.6 is 0 Å². The number of fused-ring (bicyclic) bond motifs is 1. The fourth-order valence-corrected chi connectivity index (χ4v) is 4.40. The van der Waals surface area contributed by atoms with E-state index < -0.39 is 5.92 Å². The van der Waals surface area contributed by atoms with Crippen molar-refractivity contribution in [2.75, 3.05) is 14.2 Å². The third-order valence-corrected chi connectivity index (χ3v) is 6.17. The summed E-state index contributed by atoms with van der Waals surface area (Å²) in [5.41, 5.74) is 2.77. The molecule has 4 aromatic rings. The summed E-state index contributed by atoms with van der Waals surface area (Å²) in [6.45, 7) is 3.34. The zero-order valence-electron chi connectivity index (χ0n) is 20.5. The monoisotopic (exact) mass is 474 g/mol. The van der Waals surface area contributed by atoms with Crippen LogP contribution in [-0.2, 0) is 17.6 Å². The van der Waals surface area contributed by atoms with E-state index in [2.05, 4.69) is 22.1 Å². The number of rotatable bonds is 10. The van der Waals surface area contributed by atoms with Crippen molar-refractivity contribution in [3.8, 4) is 11.5 Å². The standard InChI is InChI=1S/C27H30N4O4/c1-17-25-27(33)29-24(16-20-13-14-22(34-3)23(15-20)35-4)30-31(25)26(28-17)21(18(2)32)12-8-11-19-9-6-5-7-10-19/h5-7,9-10,13-15,21H,8,11-12,16H2,1-4H3,(H,29,30,33)/t21-/m1/s1. The van der Waals surface area contributed by atoms with Crippen molar-refractivity contribution in [2.24, 2.45) is 0 Å². The summed E-state index contributed by atoms with van der Waals surface area (Å²) in [5.74, 6) is 1.78. The molecule has 0 amide bonds. The molecule has 0 saturated carbocycles. The number of carbonyl (C=O) groups excluding carboxylic acids is 1. The van der Waals surface area contributed by atoms with Crippen molar-refractivity contribution in [1.29, 1.82) is 0 Å². The molecule has 0 saturated heterocycles. The van der Waals surface area contributed by atoms with Gasteiger partial charge in [-0.05, 0) is 56.4 Å². The molecule has 0 bridgehead atoms.